The van der Waals surface area contributed by atoms with Gasteiger partial charge >= 0.3 is 6.03 Å². The number of rotatable bonds is 6. The third-order valence-corrected chi connectivity index (χ3v) is 8.31. The maximum Gasteiger partial charge on any atom is 0.322 e. The minimum Gasteiger partial charge on any atom is -0.457 e. The van der Waals surface area contributed by atoms with Crippen LogP contribution < -0.4 is 29.9 Å². The number of carbonyl (C=O) groups is 3. The van der Waals surface area contributed by atoms with Gasteiger partial charge in [-0.1, -0.05) is 50.2 Å². The van der Waals surface area contributed by atoms with Crippen LogP contribution >= 0.6 is 0 Å². The summed E-state index contributed by atoms with van der Waals surface area (Å²) in [6, 6.07) is 35.0. The lowest BCUT2D eigenvalue weighted by Crippen LogP contribution is -2.54. The molecule has 3 aliphatic rings. The summed E-state index contributed by atoms with van der Waals surface area (Å²) in [6.07, 6.45) is 2.52. The predicted molar refractivity (Wildman–Crippen MR) is 188 cm³/mol. The Morgan fingerprint density at radius 2 is 0.959 bits per heavy atom. The fraction of sp³-hybridized carbons (Fsp3) is 0.289. The summed E-state index contributed by atoms with van der Waals surface area (Å²) in [5.74, 6) is 3.41. The molecule has 3 aliphatic heterocycles. The third kappa shape index (κ3) is 9.81. The van der Waals surface area contributed by atoms with Crippen LogP contribution in [0, 0.1) is 10.8 Å². The Hall–Kier alpha value is -5.89. The van der Waals surface area contributed by atoms with Crippen molar-refractivity contribution in [3.05, 3.63) is 109 Å². The zero-order valence-corrected chi connectivity index (χ0v) is 27.9. The molecule has 7 rings (SSSR count). The van der Waals surface area contributed by atoms with Crippen LogP contribution in [0.15, 0.2) is 109 Å². The van der Waals surface area contributed by atoms with Crippen molar-refractivity contribution in [1.82, 2.24) is 10.6 Å². The van der Waals surface area contributed by atoms with Crippen molar-refractivity contribution in [2.45, 2.75) is 45.1 Å². The van der Waals surface area contributed by atoms with E-state index in [9.17, 15) is 14.4 Å². The second kappa shape index (κ2) is 17.9. The Morgan fingerprint density at radius 1 is 0.571 bits per heavy atom. The van der Waals surface area contributed by atoms with Gasteiger partial charge in [-0.05, 0) is 85.6 Å². The number of benzene rings is 4. The number of ether oxygens (including phenoxy) is 2. The molecule has 4 aromatic rings. The van der Waals surface area contributed by atoms with E-state index in [1.807, 2.05) is 123 Å². The van der Waals surface area contributed by atoms with E-state index in [4.69, 9.17) is 20.3 Å². The molecule has 254 valence electrons. The highest BCUT2D eigenvalue weighted by atomic mass is 16.5. The number of nitrogens with zero attached hydrogens (tertiary/aromatic N) is 4. The van der Waals surface area contributed by atoms with Gasteiger partial charge in [0, 0.05) is 61.2 Å². The monoisotopic (exact) mass is 662 g/mol. The molecule has 3 heterocycles. The molecule has 0 bridgehead atoms. The smallest absolute Gasteiger partial charge is 0.322 e. The molecule has 3 saturated heterocycles. The van der Waals surface area contributed by atoms with Gasteiger partial charge in [0.25, 0.3) is 5.91 Å². The number of Topliss-reactive ketones (excluding diaryl/α,β-unsaturated/α-hetero) is 1. The van der Waals surface area contributed by atoms with Crippen LogP contribution in [-0.4, -0.2) is 49.4 Å². The van der Waals surface area contributed by atoms with Gasteiger partial charge in [-0.25, -0.2) is 4.79 Å². The molecule has 3 amide bonds. The quantitative estimate of drug-likeness (QED) is 0.160. The van der Waals surface area contributed by atoms with E-state index in [0.29, 0.717) is 44.6 Å². The molecule has 0 radical (unpaired) electrons. The SMILES string of the molecule is CC.N#N.O=C1CCN(c2ccc(Oc3ccccc3)cc2)CC1.O=C1NC(=O)C2(CCN(c3ccc(Oc4ccccc4)cc3)CC2)N1. The van der Waals surface area contributed by atoms with Crippen LogP contribution in [0.4, 0.5) is 16.2 Å². The van der Waals surface area contributed by atoms with Crippen LogP contribution in [0.1, 0.15) is 39.5 Å². The first-order valence-corrected chi connectivity index (χ1v) is 16.5. The van der Waals surface area contributed by atoms with Gasteiger partial charge in [-0.2, -0.15) is 0 Å². The molecule has 4 aromatic carbocycles. The van der Waals surface area contributed by atoms with E-state index < -0.39 is 5.54 Å². The van der Waals surface area contributed by atoms with Gasteiger partial charge in [0.05, 0.1) is 0 Å². The topological polar surface area (TPSA) is 148 Å². The van der Waals surface area contributed by atoms with Crippen LogP contribution in [0.5, 0.6) is 23.0 Å². The summed E-state index contributed by atoms with van der Waals surface area (Å²) < 4.78 is 11.6. The molecule has 0 aliphatic carbocycles. The number of anilines is 2. The minimum absolute atomic E-state index is 0.205. The molecule has 49 heavy (non-hydrogen) atoms. The number of piperidine rings is 2. The Morgan fingerprint density at radius 3 is 1.35 bits per heavy atom. The summed E-state index contributed by atoms with van der Waals surface area (Å²) in [5.41, 5.74) is 1.50. The lowest BCUT2D eigenvalue weighted by Gasteiger charge is -2.38. The van der Waals surface area contributed by atoms with Crippen molar-refractivity contribution in [2.75, 3.05) is 36.0 Å². The lowest BCUT2D eigenvalue weighted by atomic mass is 9.87. The standard InChI is InChI=1S/C19H19N3O3.C17H17NO2.C2H6.N2/c23-17-19(21-18(24)20-17)10-12-22(13-11-19)14-6-8-16(9-7-14)25-15-4-2-1-3-5-15;19-15-10-12-18(13-11-15)14-6-8-17(9-7-14)20-16-4-2-1-3-5-16;2*1-2/h1-9H,10-13H2,(H2,20,21,23,24);1-9H,10-13H2;1-2H3;. The molecule has 11 heteroatoms. The number of ketones is 1. The fourth-order valence-electron chi connectivity index (χ4n) is 5.74. The summed E-state index contributed by atoms with van der Waals surface area (Å²) in [6.45, 7) is 7.06. The van der Waals surface area contributed by atoms with Crippen LogP contribution in [0.25, 0.3) is 0 Å². The van der Waals surface area contributed by atoms with E-state index in [1.54, 1.807) is 0 Å². The third-order valence-electron chi connectivity index (χ3n) is 8.31. The second-order valence-corrected chi connectivity index (χ2v) is 11.3. The number of amides is 3. The summed E-state index contributed by atoms with van der Waals surface area (Å²) in [7, 11) is 0. The van der Waals surface area contributed by atoms with Crippen molar-refractivity contribution in [3.63, 3.8) is 0 Å². The highest BCUT2D eigenvalue weighted by molar-refractivity contribution is 6.07. The number of para-hydroxylation sites is 2. The van der Waals surface area contributed by atoms with Gasteiger partial charge in [0.15, 0.2) is 0 Å². The highest BCUT2D eigenvalue weighted by Gasteiger charge is 2.47. The largest absolute Gasteiger partial charge is 0.457 e. The van der Waals surface area contributed by atoms with Gasteiger partial charge < -0.3 is 24.6 Å². The van der Waals surface area contributed by atoms with Crippen molar-refractivity contribution in [1.29, 1.82) is 10.8 Å². The molecule has 0 saturated carbocycles. The maximum absolute atomic E-state index is 12.0. The Kier molecular flexibility index (Phi) is 13.1. The first-order valence-electron chi connectivity index (χ1n) is 16.5. The molecule has 11 nitrogen and oxygen atoms in total. The van der Waals surface area contributed by atoms with Crippen LogP contribution in [-0.2, 0) is 9.59 Å². The van der Waals surface area contributed by atoms with E-state index >= 15 is 0 Å². The van der Waals surface area contributed by atoms with Crippen molar-refractivity contribution in [2.24, 2.45) is 0 Å². The second-order valence-electron chi connectivity index (χ2n) is 11.3. The average Bonchev–Trinajstić information content (AvgIpc) is 3.43. The van der Waals surface area contributed by atoms with Gasteiger partial charge in [0.2, 0.25) is 0 Å². The van der Waals surface area contributed by atoms with E-state index in [0.717, 1.165) is 47.5 Å². The zero-order chi connectivity index (χ0) is 35.1. The van der Waals surface area contributed by atoms with Gasteiger partial charge in [0.1, 0.15) is 34.3 Å². The van der Waals surface area contributed by atoms with Crippen LogP contribution in [0.3, 0.4) is 0 Å². The van der Waals surface area contributed by atoms with Crippen molar-refractivity contribution >= 4 is 29.1 Å². The summed E-state index contributed by atoms with van der Waals surface area (Å²) in [4.78, 5) is 39.1. The van der Waals surface area contributed by atoms with E-state index in [1.165, 1.54) is 0 Å². The lowest BCUT2D eigenvalue weighted by molar-refractivity contribution is -0.124. The van der Waals surface area contributed by atoms with Gasteiger partial charge in [-0.15, -0.1) is 0 Å². The molecule has 0 unspecified atom stereocenters. The molecule has 0 aromatic heterocycles. The van der Waals surface area contributed by atoms with Crippen molar-refractivity contribution in [3.8, 4) is 23.0 Å². The zero-order valence-electron chi connectivity index (χ0n) is 27.9. The predicted octanol–water partition coefficient (Wildman–Crippen LogP) is 7.36. The number of hydrogen-bond acceptors (Lipinski definition) is 9. The minimum atomic E-state index is -0.732. The van der Waals surface area contributed by atoms with E-state index in [2.05, 4.69) is 20.4 Å². The average molecular weight is 663 g/mol. The maximum atomic E-state index is 12.0. The fourth-order valence-corrected chi connectivity index (χ4v) is 5.74. The molecule has 3 fully saturated rings. The highest BCUT2D eigenvalue weighted by Crippen LogP contribution is 2.31. The first-order chi connectivity index (χ1) is 24.0. The Balaban J connectivity index is 0.000000205. The Bertz CT molecular complexity index is 1650. The summed E-state index contributed by atoms with van der Waals surface area (Å²) in [5, 5.41) is 17.1. The number of nitrogens with one attached hydrogen (secondary N) is 2. The molecular formula is C38H42N6O5. The van der Waals surface area contributed by atoms with Crippen molar-refractivity contribution < 1.29 is 23.9 Å². The number of urea groups is 1. The molecule has 2 N–H and O–H groups in total. The summed E-state index contributed by atoms with van der Waals surface area (Å²) >= 11 is 0. The Labute approximate surface area is 287 Å². The number of imide groups is 1. The number of hydrogen-bond donors (Lipinski definition) is 2. The number of carbonyl (C=O) groups excluding carboxylic acids is 3. The van der Waals surface area contributed by atoms with Gasteiger partial charge in [-0.3, -0.25) is 14.9 Å². The molecule has 1 spiro atoms. The first kappa shape index (κ1) is 36.0. The normalized spacial score (nSPS) is 16.0. The molecule has 0 atom stereocenters. The molecular weight excluding hydrogens is 620 g/mol. The van der Waals surface area contributed by atoms with E-state index in [-0.39, 0.29) is 11.9 Å². The van der Waals surface area contributed by atoms with Crippen LogP contribution in [0.2, 0.25) is 0 Å².